The molecule has 0 fully saturated rings. The standard InChI is InChI=1S/C19H21N3O3/c1-14-6-7-18-21-16(12-22(18)11-14)13-25-17-5-2-4-15(10-17)19(24)20-8-3-9-23/h2,4-7,10-12,23H,3,8-9,13H2,1H3,(H,20,24). The number of imidazole rings is 1. The number of benzene rings is 1. The molecule has 0 aliphatic carbocycles. The topological polar surface area (TPSA) is 75.9 Å². The van der Waals surface area contributed by atoms with Crippen molar-refractivity contribution >= 4 is 11.6 Å². The molecule has 0 atom stereocenters. The molecule has 2 N–H and O–H groups in total. The molecular weight excluding hydrogens is 318 g/mol. The maximum Gasteiger partial charge on any atom is 0.251 e. The van der Waals surface area contributed by atoms with Crippen LogP contribution < -0.4 is 10.1 Å². The monoisotopic (exact) mass is 339 g/mol. The Morgan fingerprint density at radius 2 is 2.16 bits per heavy atom. The smallest absolute Gasteiger partial charge is 0.251 e. The van der Waals surface area contributed by atoms with Crippen LogP contribution in [-0.2, 0) is 6.61 Å². The summed E-state index contributed by atoms with van der Waals surface area (Å²) in [5, 5.41) is 11.5. The molecular formula is C19H21N3O3. The summed E-state index contributed by atoms with van der Waals surface area (Å²) < 4.78 is 7.74. The van der Waals surface area contributed by atoms with Gasteiger partial charge < -0.3 is 19.6 Å². The molecule has 0 radical (unpaired) electrons. The van der Waals surface area contributed by atoms with Crippen molar-refractivity contribution in [1.29, 1.82) is 0 Å². The molecule has 3 aromatic rings. The Morgan fingerprint density at radius 3 is 3.00 bits per heavy atom. The molecule has 0 saturated carbocycles. The number of ether oxygens (including phenoxy) is 1. The van der Waals surface area contributed by atoms with Gasteiger partial charge in [-0.1, -0.05) is 12.1 Å². The van der Waals surface area contributed by atoms with Crippen LogP contribution in [0.15, 0.2) is 48.8 Å². The highest BCUT2D eigenvalue weighted by Gasteiger charge is 2.07. The van der Waals surface area contributed by atoms with Crippen LogP contribution in [0.25, 0.3) is 5.65 Å². The molecule has 130 valence electrons. The van der Waals surface area contributed by atoms with E-state index < -0.39 is 0 Å². The number of amides is 1. The first-order valence-electron chi connectivity index (χ1n) is 8.22. The number of hydrogen-bond donors (Lipinski definition) is 2. The van der Waals surface area contributed by atoms with Crippen LogP contribution in [0, 0.1) is 6.92 Å². The Hall–Kier alpha value is -2.86. The fourth-order valence-electron chi connectivity index (χ4n) is 2.49. The lowest BCUT2D eigenvalue weighted by Crippen LogP contribution is -2.24. The second-order valence-electron chi connectivity index (χ2n) is 5.85. The fraction of sp³-hybridized carbons (Fsp3) is 0.263. The predicted octanol–water partition coefficient (Wildman–Crippen LogP) is 2.33. The predicted molar refractivity (Wildman–Crippen MR) is 94.7 cm³/mol. The van der Waals surface area contributed by atoms with Crippen molar-refractivity contribution in [3.05, 3.63) is 65.6 Å². The van der Waals surface area contributed by atoms with Crippen molar-refractivity contribution < 1.29 is 14.6 Å². The van der Waals surface area contributed by atoms with Gasteiger partial charge in [-0.2, -0.15) is 0 Å². The molecule has 0 bridgehead atoms. The summed E-state index contributed by atoms with van der Waals surface area (Å²) in [5.41, 5.74) is 3.39. The first-order valence-corrected chi connectivity index (χ1v) is 8.22. The van der Waals surface area contributed by atoms with Gasteiger partial charge in [-0.3, -0.25) is 4.79 Å². The maximum atomic E-state index is 12.0. The van der Waals surface area contributed by atoms with Gasteiger partial charge in [-0.15, -0.1) is 0 Å². The number of rotatable bonds is 7. The SMILES string of the molecule is Cc1ccc2nc(COc3cccc(C(=O)NCCCO)c3)cn2c1. The number of aliphatic hydroxyl groups excluding tert-OH is 1. The van der Waals surface area contributed by atoms with Crippen LogP contribution in [0.1, 0.15) is 28.0 Å². The van der Waals surface area contributed by atoms with E-state index in [0.29, 0.717) is 30.9 Å². The molecule has 3 rings (SSSR count). The van der Waals surface area contributed by atoms with Gasteiger partial charge in [0.15, 0.2) is 0 Å². The number of hydrogen-bond acceptors (Lipinski definition) is 4. The number of aliphatic hydroxyl groups is 1. The lowest BCUT2D eigenvalue weighted by atomic mass is 10.2. The third kappa shape index (κ3) is 4.36. The zero-order valence-corrected chi connectivity index (χ0v) is 14.1. The Bertz CT molecular complexity index is 873. The fourth-order valence-corrected chi connectivity index (χ4v) is 2.49. The van der Waals surface area contributed by atoms with E-state index in [9.17, 15) is 4.79 Å². The Labute approximate surface area is 146 Å². The van der Waals surface area contributed by atoms with Gasteiger partial charge in [0.05, 0.1) is 5.69 Å². The molecule has 6 nitrogen and oxygen atoms in total. The summed E-state index contributed by atoms with van der Waals surface area (Å²) in [6, 6.07) is 11.0. The normalized spacial score (nSPS) is 10.8. The van der Waals surface area contributed by atoms with Gasteiger partial charge in [0, 0.05) is 31.1 Å². The first kappa shape index (κ1) is 17.0. The second kappa shape index (κ2) is 7.81. The molecule has 25 heavy (non-hydrogen) atoms. The van der Waals surface area contributed by atoms with E-state index in [1.54, 1.807) is 18.2 Å². The number of carbonyl (C=O) groups excluding carboxylic acids is 1. The van der Waals surface area contributed by atoms with Crippen molar-refractivity contribution in [2.45, 2.75) is 20.0 Å². The van der Waals surface area contributed by atoms with Crippen LogP contribution in [0.2, 0.25) is 0 Å². The highest BCUT2D eigenvalue weighted by molar-refractivity contribution is 5.94. The zero-order chi connectivity index (χ0) is 17.6. The first-order chi connectivity index (χ1) is 12.2. The molecule has 1 amide bonds. The molecule has 0 aliphatic heterocycles. The summed E-state index contributed by atoms with van der Waals surface area (Å²) >= 11 is 0. The average molecular weight is 339 g/mol. The molecule has 0 saturated heterocycles. The van der Waals surface area contributed by atoms with Gasteiger partial charge in [0.25, 0.3) is 5.91 Å². The number of nitrogens with one attached hydrogen (secondary N) is 1. The summed E-state index contributed by atoms with van der Waals surface area (Å²) in [6.45, 7) is 2.87. The van der Waals surface area contributed by atoms with E-state index in [4.69, 9.17) is 9.84 Å². The van der Waals surface area contributed by atoms with Crippen molar-refractivity contribution in [2.24, 2.45) is 0 Å². The quantitative estimate of drug-likeness (QED) is 0.648. The number of carbonyl (C=O) groups is 1. The molecule has 0 spiro atoms. The lowest BCUT2D eigenvalue weighted by molar-refractivity contribution is 0.0950. The van der Waals surface area contributed by atoms with E-state index in [-0.39, 0.29) is 12.5 Å². The van der Waals surface area contributed by atoms with E-state index in [0.717, 1.165) is 16.9 Å². The van der Waals surface area contributed by atoms with Crippen molar-refractivity contribution in [3.8, 4) is 5.75 Å². The van der Waals surface area contributed by atoms with E-state index >= 15 is 0 Å². The highest BCUT2D eigenvalue weighted by Crippen LogP contribution is 2.16. The van der Waals surface area contributed by atoms with Crippen molar-refractivity contribution in [3.63, 3.8) is 0 Å². The summed E-state index contributed by atoms with van der Waals surface area (Å²) in [7, 11) is 0. The summed E-state index contributed by atoms with van der Waals surface area (Å²) in [4.78, 5) is 16.5. The van der Waals surface area contributed by atoms with Gasteiger partial charge in [0.1, 0.15) is 18.0 Å². The third-order valence-corrected chi connectivity index (χ3v) is 3.75. The maximum absolute atomic E-state index is 12.0. The van der Waals surface area contributed by atoms with Crippen LogP contribution in [0.4, 0.5) is 0 Å². The van der Waals surface area contributed by atoms with Gasteiger partial charge >= 0.3 is 0 Å². The van der Waals surface area contributed by atoms with Crippen molar-refractivity contribution in [2.75, 3.05) is 13.2 Å². The average Bonchev–Trinajstić information content (AvgIpc) is 3.02. The van der Waals surface area contributed by atoms with Crippen LogP contribution in [0.3, 0.4) is 0 Å². The van der Waals surface area contributed by atoms with E-state index in [2.05, 4.69) is 10.3 Å². The molecule has 1 aromatic carbocycles. The summed E-state index contributed by atoms with van der Waals surface area (Å²) in [5.74, 6) is 0.435. The Kier molecular flexibility index (Phi) is 5.30. The zero-order valence-electron chi connectivity index (χ0n) is 14.1. The number of aromatic nitrogens is 2. The minimum Gasteiger partial charge on any atom is -0.487 e. The number of pyridine rings is 1. The second-order valence-corrected chi connectivity index (χ2v) is 5.85. The van der Waals surface area contributed by atoms with Crippen molar-refractivity contribution in [1.82, 2.24) is 14.7 Å². The minimum atomic E-state index is -0.179. The van der Waals surface area contributed by atoms with E-state index in [1.807, 2.05) is 41.9 Å². The van der Waals surface area contributed by atoms with Crippen LogP contribution in [-0.4, -0.2) is 33.6 Å². The van der Waals surface area contributed by atoms with Gasteiger partial charge in [0.2, 0.25) is 0 Å². The van der Waals surface area contributed by atoms with Crippen LogP contribution in [0.5, 0.6) is 5.75 Å². The number of fused-ring (bicyclic) bond motifs is 1. The molecule has 0 aliphatic rings. The molecule has 2 heterocycles. The Balaban J connectivity index is 1.64. The van der Waals surface area contributed by atoms with Gasteiger partial charge in [-0.05, 0) is 43.2 Å². The largest absolute Gasteiger partial charge is 0.487 e. The molecule has 0 unspecified atom stereocenters. The van der Waals surface area contributed by atoms with Gasteiger partial charge in [-0.25, -0.2) is 4.98 Å². The Morgan fingerprint density at radius 1 is 1.28 bits per heavy atom. The minimum absolute atomic E-state index is 0.0575. The molecule has 2 aromatic heterocycles. The highest BCUT2D eigenvalue weighted by atomic mass is 16.5. The van der Waals surface area contributed by atoms with E-state index in [1.165, 1.54) is 0 Å². The molecule has 6 heteroatoms. The lowest BCUT2D eigenvalue weighted by Gasteiger charge is -2.07. The summed E-state index contributed by atoms with van der Waals surface area (Å²) in [6.07, 6.45) is 4.49. The third-order valence-electron chi connectivity index (χ3n) is 3.75. The van der Waals surface area contributed by atoms with Crippen LogP contribution >= 0.6 is 0 Å². The number of aryl methyl sites for hydroxylation is 1. The number of nitrogens with zero attached hydrogens (tertiary/aromatic N) is 2.